The van der Waals surface area contributed by atoms with E-state index in [1.54, 1.807) is 0 Å². The van der Waals surface area contributed by atoms with E-state index in [-0.39, 0.29) is 5.54 Å². The van der Waals surface area contributed by atoms with E-state index in [0.29, 0.717) is 6.04 Å². The van der Waals surface area contributed by atoms with Crippen molar-refractivity contribution in [1.29, 1.82) is 0 Å². The first-order chi connectivity index (χ1) is 6.38. The Kier molecular flexibility index (Phi) is 3.32. The van der Waals surface area contributed by atoms with Crippen LogP contribution in [0.2, 0.25) is 0 Å². The van der Waals surface area contributed by atoms with Crippen LogP contribution in [0, 0.1) is 0 Å². The van der Waals surface area contributed by atoms with Crippen LogP contribution in [0.25, 0.3) is 0 Å². The van der Waals surface area contributed by atoms with Crippen LogP contribution in [-0.4, -0.2) is 15.3 Å². The van der Waals surface area contributed by atoms with Gasteiger partial charge in [0.15, 0.2) is 0 Å². The van der Waals surface area contributed by atoms with E-state index < -0.39 is 0 Å². The molecule has 1 rings (SSSR count). The van der Waals surface area contributed by atoms with Crippen molar-refractivity contribution in [3.8, 4) is 0 Å². The van der Waals surface area contributed by atoms with Crippen LogP contribution in [0.1, 0.15) is 45.7 Å². The summed E-state index contributed by atoms with van der Waals surface area (Å²) in [4.78, 5) is 0. The summed E-state index contributed by atoms with van der Waals surface area (Å²) >= 11 is 0. The van der Waals surface area contributed by atoms with E-state index in [2.05, 4.69) is 39.0 Å². The Bertz CT molecular complexity index is 281. The number of aromatic nitrogens is 2. The van der Waals surface area contributed by atoms with Crippen molar-refractivity contribution < 1.29 is 0 Å². The second kappa shape index (κ2) is 4.13. The van der Waals surface area contributed by atoms with Gasteiger partial charge >= 0.3 is 0 Å². The SMILES string of the molecule is CC(C)n1cc(CCC(C)(C)N)cn1. The van der Waals surface area contributed by atoms with Gasteiger partial charge in [-0.3, -0.25) is 4.68 Å². The highest BCUT2D eigenvalue weighted by Crippen LogP contribution is 2.12. The minimum Gasteiger partial charge on any atom is -0.326 e. The standard InChI is InChI=1S/C11H21N3/c1-9(2)14-8-10(7-13-14)5-6-11(3,4)12/h7-9H,5-6,12H2,1-4H3. The topological polar surface area (TPSA) is 43.8 Å². The zero-order chi connectivity index (χ0) is 10.8. The number of hydrogen-bond acceptors (Lipinski definition) is 2. The molecule has 1 aromatic heterocycles. The van der Waals surface area contributed by atoms with E-state index in [1.165, 1.54) is 5.56 Å². The number of nitrogens with two attached hydrogens (primary N) is 1. The van der Waals surface area contributed by atoms with Crippen LogP contribution in [0.4, 0.5) is 0 Å². The number of aryl methyl sites for hydroxylation is 1. The second-order valence-electron chi connectivity index (χ2n) is 4.91. The zero-order valence-electron chi connectivity index (χ0n) is 9.62. The fraction of sp³-hybridized carbons (Fsp3) is 0.727. The van der Waals surface area contributed by atoms with Crippen molar-refractivity contribution in [2.24, 2.45) is 5.73 Å². The summed E-state index contributed by atoms with van der Waals surface area (Å²) in [6.07, 6.45) is 6.05. The van der Waals surface area contributed by atoms with E-state index in [0.717, 1.165) is 12.8 Å². The Hall–Kier alpha value is -0.830. The molecule has 0 saturated heterocycles. The molecule has 0 bridgehead atoms. The van der Waals surface area contributed by atoms with Crippen LogP contribution in [0.5, 0.6) is 0 Å². The van der Waals surface area contributed by atoms with Gasteiger partial charge < -0.3 is 5.73 Å². The molecular weight excluding hydrogens is 174 g/mol. The van der Waals surface area contributed by atoms with Crippen LogP contribution in [0.3, 0.4) is 0 Å². The van der Waals surface area contributed by atoms with Crippen LogP contribution >= 0.6 is 0 Å². The quantitative estimate of drug-likeness (QED) is 0.800. The number of rotatable bonds is 4. The van der Waals surface area contributed by atoms with Gasteiger partial charge in [0.2, 0.25) is 0 Å². The molecule has 80 valence electrons. The van der Waals surface area contributed by atoms with E-state index in [9.17, 15) is 0 Å². The Morgan fingerprint density at radius 1 is 1.50 bits per heavy atom. The maximum Gasteiger partial charge on any atom is 0.0521 e. The monoisotopic (exact) mass is 195 g/mol. The molecule has 0 spiro atoms. The first-order valence-electron chi connectivity index (χ1n) is 5.20. The minimum absolute atomic E-state index is 0.0834. The largest absolute Gasteiger partial charge is 0.326 e. The molecule has 2 N–H and O–H groups in total. The predicted octanol–water partition coefficient (Wildman–Crippen LogP) is 2.13. The highest BCUT2D eigenvalue weighted by Gasteiger charge is 2.11. The molecule has 1 aromatic rings. The van der Waals surface area contributed by atoms with Gasteiger partial charge in [-0.25, -0.2) is 0 Å². The summed E-state index contributed by atoms with van der Waals surface area (Å²) in [7, 11) is 0. The van der Waals surface area contributed by atoms with Gasteiger partial charge in [-0.2, -0.15) is 5.10 Å². The van der Waals surface area contributed by atoms with Crippen molar-refractivity contribution in [1.82, 2.24) is 9.78 Å². The van der Waals surface area contributed by atoms with E-state index in [4.69, 9.17) is 5.73 Å². The molecule has 3 heteroatoms. The normalized spacial score (nSPS) is 12.4. The fourth-order valence-corrected chi connectivity index (χ4v) is 1.26. The second-order valence-corrected chi connectivity index (χ2v) is 4.91. The first kappa shape index (κ1) is 11.2. The van der Waals surface area contributed by atoms with Crippen molar-refractivity contribution in [2.45, 2.75) is 52.1 Å². The third kappa shape index (κ3) is 3.50. The lowest BCUT2D eigenvalue weighted by Crippen LogP contribution is -2.32. The van der Waals surface area contributed by atoms with Crippen molar-refractivity contribution >= 4 is 0 Å². The van der Waals surface area contributed by atoms with Gasteiger partial charge in [0.05, 0.1) is 6.20 Å². The van der Waals surface area contributed by atoms with E-state index >= 15 is 0 Å². The minimum atomic E-state index is -0.0834. The number of hydrogen-bond donors (Lipinski definition) is 1. The molecule has 0 unspecified atom stereocenters. The molecule has 1 heterocycles. The Morgan fingerprint density at radius 2 is 2.14 bits per heavy atom. The summed E-state index contributed by atoms with van der Waals surface area (Å²) in [6, 6.07) is 0.439. The number of nitrogens with zero attached hydrogens (tertiary/aromatic N) is 2. The molecule has 0 aliphatic rings. The van der Waals surface area contributed by atoms with Gasteiger partial charge in [-0.15, -0.1) is 0 Å². The summed E-state index contributed by atoms with van der Waals surface area (Å²) in [5.74, 6) is 0. The summed E-state index contributed by atoms with van der Waals surface area (Å²) < 4.78 is 1.98. The molecule has 14 heavy (non-hydrogen) atoms. The molecule has 0 aromatic carbocycles. The molecule has 0 aliphatic carbocycles. The molecule has 3 nitrogen and oxygen atoms in total. The fourth-order valence-electron chi connectivity index (χ4n) is 1.26. The molecule has 0 atom stereocenters. The summed E-state index contributed by atoms with van der Waals surface area (Å²) in [6.45, 7) is 8.37. The molecule has 0 fully saturated rings. The Balaban J connectivity index is 2.52. The van der Waals surface area contributed by atoms with Gasteiger partial charge in [-0.05, 0) is 46.1 Å². The van der Waals surface area contributed by atoms with Gasteiger partial charge in [-0.1, -0.05) is 0 Å². The van der Waals surface area contributed by atoms with Gasteiger partial charge in [0.1, 0.15) is 0 Å². The highest BCUT2D eigenvalue weighted by atomic mass is 15.3. The molecular formula is C11H21N3. The average Bonchev–Trinajstić information content (AvgIpc) is 2.47. The smallest absolute Gasteiger partial charge is 0.0521 e. The first-order valence-corrected chi connectivity index (χ1v) is 5.20. The third-order valence-corrected chi connectivity index (χ3v) is 2.24. The van der Waals surface area contributed by atoms with Crippen molar-refractivity contribution in [2.75, 3.05) is 0 Å². The molecule has 0 amide bonds. The van der Waals surface area contributed by atoms with Crippen LogP contribution in [0.15, 0.2) is 12.4 Å². The van der Waals surface area contributed by atoms with E-state index in [1.807, 2.05) is 10.9 Å². The Labute approximate surface area is 86.3 Å². The lowest BCUT2D eigenvalue weighted by Gasteiger charge is -2.17. The third-order valence-electron chi connectivity index (χ3n) is 2.24. The average molecular weight is 195 g/mol. The maximum atomic E-state index is 5.92. The van der Waals surface area contributed by atoms with Crippen molar-refractivity contribution in [3.05, 3.63) is 18.0 Å². The predicted molar refractivity (Wildman–Crippen MR) is 59.2 cm³/mol. The summed E-state index contributed by atoms with van der Waals surface area (Å²) in [5.41, 5.74) is 7.11. The summed E-state index contributed by atoms with van der Waals surface area (Å²) in [5, 5.41) is 4.29. The van der Waals surface area contributed by atoms with Crippen LogP contribution < -0.4 is 5.73 Å². The van der Waals surface area contributed by atoms with Gasteiger partial charge in [0, 0.05) is 17.8 Å². The molecule has 0 aliphatic heterocycles. The molecule has 0 saturated carbocycles. The highest BCUT2D eigenvalue weighted by molar-refractivity contribution is 5.05. The Morgan fingerprint density at radius 3 is 2.57 bits per heavy atom. The van der Waals surface area contributed by atoms with Gasteiger partial charge in [0.25, 0.3) is 0 Å². The molecule has 0 radical (unpaired) electrons. The lowest BCUT2D eigenvalue weighted by atomic mass is 9.98. The zero-order valence-corrected chi connectivity index (χ0v) is 9.62. The lowest BCUT2D eigenvalue weighted by molar-refractivity contribution is 0.476. The van der Waals surface area contributed by atoms with Crippen LogP contribution in [-0.2, 0) is 6.42 Å². The van der Waals surface area contributed by atoms with Crippen molar-refractivity contribution in [3.63, 3.8) is 0 Å². The maximum absolute atomic E-state index is 5.92.